The van der Waals surface area contributed by atoms with Gasteiger partial charge in [-0.3, -0.25) is 4.79 Å². The van der Waals surface area contributed by atoms with Gasteiger partial charge in [0.05, 0.1) is 0 Å². The molecule has 0 bridgehead atoms. The van der Waals surface area contributed by atoms with E-state index >= 15 is 0 Å². The molecule has 0 radical (unpaired) electrons. The van der Waals surface area contributed by atoms with Crippen LogP contribution in [0.4, 0.5) is 5.69 Å². The van der Waals surface area contributed by atoms with Crippen molar-refractivity contribution in [1.29, 1.82) is 0 Å². The van der Waals surface area contributed by atoms with Gasteiger partial charge < -0.3 is 10.2 Å². The van der Waals surface area contributed by atoms with Crippen LogP contribution in [0.15, 0.2) is 18.2 Å². The summed E-state index contributed by atoms with van der Waals surface area (Å²) in [7, 11) is 3.76. The van der Waals surface area contributed by atoms with Crippen molar-refractivity contribution in [2.75, 3.05) is 19.4 Å². The summed E-state index contributed by atoms with van der Waals surface area (Å²) in [6, 6.07) is 6.01. The molecular formula is C15H24N2O. The molecular weight excluding hydrogens is 224 g/mol. The molecule has 0 aliphatic heterocycles. The fourth-order valence-corrected chi connectivity index (χ4v) is 1.91. The van der Waals surface area contributed by atoms with Crippen molar-refractivity contribution in [3.63, 3.8) is 0 Å². The molecule has 0 aromatic heterocycles. The minimum atomic E-state index is 0.0851. The van der Waals surface area contributed by atoms with Gasteiger partial charge in [-0.15, -0.1) is 0 Å². The first-order valence-corrected chi connectivity index (χ1v) is 6.44. The first-order valence-electron chi connectivity index (χ1n) is 6.44. The smallest absolute Gasteiger partial charge is 0.253 e. The molecule has 0 heterocycles. The number of aryl methyl sites for hydroxylation is 1. The third-order valence-corrected chi connectivity index (χ3v) is 3.64. The minimum absolute atomic E-state index is 0.0851. The van der Waals surface area contributed by atoms with Crippen LogP contribution < -0.4 is 5.32 Å². The second-order valence-corrected chi connectivity index (χ2v) is 5.18. The maximum Gasteiger partial charge on any atom is 0.253 e. The van der Waals surface area contributed by atoms with Gasteiger partial charge in [-0.05, 0) is 43.5 Å². The molecule has 1 atom stereocenters. The predicted molar refractivity (Wildman–Crippen MR) is 77.1 cm³/mol. The summed E-state index contributed by atoms with van der Waals surface area (Å²) in [6.07, 6.45) is 0. The molecule has 100 valence electrons. The molecule has 1 aromatic rings. The largest absolute Gasteiger partial charge is 0.388 e. The lowest BCUT2D eigenvalue weighted by atomic mass is 10.0. The van der Waals surface area contributed by atoms with Crippen LogP contribution in [0.1, 0.15) is 36.7 Å². The van der Waals surface area contributed by atoms with Crippen LogP contribution in [-0.2, 0) is 0 Å². The Hall–Kier alpha value is -1.51. The molecule has 0 aliphatic carbocycles. The number of nitrogens with one attached hydrogen (secondary N) is 1. The number of carbonyl (C=O) groups is 1. The van der Waals surface area contributed by atoms with Crippen LogP contribution in [-0.4, -0.2) is 30.9 Å². The topological polar surface area (TPSA) is 32.3 Å². The zero-order valence-electron chi connectivity index (χ0n) is 12.2. The van der Waals surface area contributed by atoms with Crippen LogP contribution in [0, 0.1) is 12.8 Å². The molecule has 18 heavy (non-hydrogen) atoms. The van der Waals surface area contributed by atoms with Crippen LogP contribution in [0.25, 0.3) is 0 Å². The van der Waals surface area contributed by atoms with E-state index in [1.54, 1.807) is 0 Å². The molecule has 1 N–H and O–H groups in total. The Balaban J connectivity index is 2.94. The van der Waals surface area contributed by atoms with Crippen LogP contribution >= 0.6 is 0 Å². The highest BCUT2D eigenvalue weighted by Crippen LogP contribution is 2.18. The molecule has 1 rings (SSSR count). The monoisotopic (exact) mass is 248 g/mol. The third-order valence-electron chi connectivity index (χ3n) is 3.64. The first kappa shape index (κ1) is 14.6. The van der Waals surface area contributed by atoms with E-state index in [4.69, 9.17) is 0 Å². The third kappa shape index (κ3) is 3.03. The molecule has 3 heteroatoms. The Morgan fingerprint density at radius 1 is 1.28 bits per heavy atom. The van der Waals surface area contributed by atoms with Crippen molar-refractivity contribution in [1.82, 2.24) is 4.90 Å². The van der Waals surface area contributed by atoms with E-state index in [9.17, 15) is 4.79 Å². The lowest BCUT2D eigenvalue weighted by Gasteiger charge is -2.28. The van der Waals surface area contributed by atoms with Crippen molar-refractivity contribution in [2.45, 2.75) is 33.7 Å². The summed E-state index contributed by atoms with van der Waals surface area (Å²) in [5.74, 6) is 0.540. The van der Waals surface area contributed by atoms with E-state index in [1.165, 1.54) is 0 Å². The number of hydrogen-bond donors (Lipinski definition) is 1. The van der Waals surface area contributed by atoms with Crippen molar-refractivity contribution in [3.05, 3.63) is 29.3 Å². The second kappa shape index (κ2) is 5.89. The van der Waals surface area contributed by atoms with E-state index in [0.717, 1.165) is 16.8 Å². The van der Waals surface area contributed by atoms with Crippen molar-refractivity contribution in [2.24, 2.45) is 5.92 Å². The molecule has 3 nitrogen and oxygen atoms in total. The molecule has 1 aromatic carbocycles. The zero-order chi connectivity index (χ0) is 13.9. The van der Waals surface area contributed by atoms with E-state index in [1.807, 2.05) is 44.1 Å². The summed E-state index contributed by atoms with van der Waals surface area (Å²) in [6.45, 7) is 8.35. The summed E-state index contributed by atoms with van der Waals surface area (Å²) in [4.78, 5) is 14.2. The van der Waals surface area contributed by atoms with E-state index in [-0.39, 0.29) is 11.9 Å². The second-order valence-electron chi connectivity index (χ2n) is 5.18. The number of carbonyl (C=O) groups excluding carboxylic acids is 1. The average molecular weight is 248 g/mol. The Labute approximate surface area is 110 Å². The molecule has 1 unspecified atom stereocenters. The van der Waals surface area contributed by atoms with Gasteiger partial charge >= 0.3 is 0 Å². The fraction of sp³-hybridized carbons (Fsp3) is 0.533. The van der Waals surface area contributed by atoms with Gasteiger partial charge in [-0.2, -0.15) is 0 Å². The molecule has 0 saturated carbocycles. The van der Waals surface area contributed by atoms with Gasteiger partial charge in [-0.1, -0.05) is 13.8 Å². The van der Waals surface area contributed by atoms with Gasteiger partial charge in [0.15, 0.2) is 0 Å². The molecule has 1 amide bonds. The summed E-state index contributed by atoms with van der Waals surface area (Å²) in [5.41, 5.74) is 2.90. The summed E-state index contributed by atoms with van der Waals surface area (Å²) < 4.78 is 0. The Morgan fingerprint density at radius 2 is 1.89 bits per heavy atom. The Morgan fingerprint density at radius 3 is 2.33 bits per heavy atom. The quantitative estimate of drug-likeness (QED) is 0.887. The standard InChI is InChI=1S/C15H24N2O/c1-10(2)12(4)17(6)15(18)13-7-8-14(16-5)11(3)9-13/h7-10,12,16H,1-6H3. The maximum atomic E-state index is 12.3. The normalized spacial score (nSPS) is 12.4. The summed E-state index contributed by atoms with van der Waals surface area (Å²) >= 11 is 0. The van der Waals surface area contributed by atoms with Gasteiger partial charge in [0.2, 0.25) is 0 Å². The van der Waals surface area contributed by atoms with E-state index < -0.39 is 0 Å². The van der Waals surface area contributed by atoms with Crippen LogP contribution in [0.5, 0.6) is 0 Å². The lowest BCUT2D eigenvalue weighted by Crippen LogP contribution is -2.38. The number of amides is 1. The number of nitrogens with zero attached hydrogens (tertiary/aromatic N) is 1. The number of hydrogen-bond acceptors (Lipinski definition) is 2. The molecule has 0 aliphatic rings. The molecule has 0 fully saturated rings. The molecule has 0 saturated heterocycles. The molecule has 0 spiro atoms. The minimum Gasteiger partial charge on any atom is -0.388 e. The van der Waals surface area contributed by atoms with E-state index in [2.05, 4.69) is 26.1 Å². The summed E-state index contributed by atoms with van der Waals surface area (Å²) in [5, 5.41) is 3.11. The number of benzene rings is 1. The van der Waals surface area contributed by atoms with Crippen molar-refractivity contribution < 1.29 is 4.79 Å². The van der Waals surface area contributed by atoms with Crippen LogP contribution in [0.2, 0.25) is 0 Å². The maximum absolute atomic E-state index is 12.3. The van der Waals surface area contributed by atoms with Crippen LogP contribution in [0.3, 0.4) is 0 Å². The van der Waals surface area contributed by atoms with Gasteiger partial charge in [-0.25, -0.2) is 0 Å². The number of anilines is 1. The van der Waals surface area contributed by atoms with Gasteiger partial charge in [0.1, 0.15) is 0 Å². The van der Waals surface area contributed by atoms with Gasteiger partial charge in [0.25, 0.3) is 5.91 Å². The Kier molecular flexibility index (Phi) is 4.76. The zero-order valence-corrected chi connectivity index (χ0v) is 12.2. The highest BCUT2D eigenvalue weighted by atomic mass is 16.2. The van der Waals surface area contributed by atoms with Crippen molar-refractivity contribution in [3.8, 4) is 0 Å². The van der Waals surface area contributed by atoms with Crippen molar-refractivity contribution >= 4 is 11.6 Å². The highest BCUT2D eigenvalue weighted by Gasteiger charge is 2.20. The Bertz CT molecular complexity index is 427. The fourth-order valence-electron chi connectivity index (χ4n) is 1.91. The predicted octanol–water partition coefficient (Wildman–Crippen LogP) is 3.15. The first-order chi connectivity index (χ1) is 8.38. The number of rotatable bonds is 4. The highest BCUT2D eigenvalue weighted by molar-refractivity contribution is 5.95. The van der Waals surface area contributed by atoms with E-state index in [0.29, 0.717) is 5.92 Å². The lowest BCUT2D eigenvalue weighted by molar-refractivity contribution is 0.0707. The average Bonchev–Trinajstić information content (AvgIpc) is 2.35. The SMILES string of the molecule is CNc1ccc(C(=O)N(C)C(C)C(C)C)cc1C. The van der Waals surface area contributed by atoms with Gasteiger partial charge in [0, 0.05) is 31.4 Å².